The van der Waals surface area contributed by atoms with Crippen LogP contribution in [0.25, 0.3) is 11.1 Å². The summed E-state index contributed by atoms with van der Waals surface area (Å²) in [5.41, 5.74) is 2.25. The highest BCUT2D eigenvalue weighted by molar-refractivity contribution is 5.83. The number of aromatic nitrogens is 2. The van der Waals surface area contributed by atoms with Gasteiger partial charge in [-0.15, -0.1) is 0 Å². The van der Waals surface area contributed by atoms with Crippen LogP contribution in [0, 0.1) is 23.6 Å². The number of Topliss-reactive ketones (excluding diaryl/α,β-unsaturated/α-hetero) is 1. The molecule has 6 nitrogen and oxygen atoms in total. The van der Waals surface area contributed by atoms with Crippen molar-refractivity contribution in [2.24, 2.45) is 17.8 Å². The fraction of sp³-hybridized carbons (Fsp3) is 0.500. The van der Waals surface area contributed by atoms with Gasteiger partial charge in [0.25, 0.3) is 0 Å². The number of amides is 1. The maximum Gasteiger partial charge on any atom is 0.225 e. The third-order valence-electron chi connectivity index (χ3n) is 6.83. The molecule has 0 radical (unpaired) electrons. The predicted octanol–water partition coefficient (Wildman–Crippen LogP) is 2.87. The first kappa shape index (κ1) is 18.3. The second kappa shape index (κ2) is 7.28. The van der Waals surface area contributed by atoms with Gasteiger partial charge in [-0.05, 0) is 42.4 Å². The summed E-state index contributed by atoms with van der Waals surface area (Å²) in [7, 11) is 0. The molecule has 152 valence electrons. The first-order valence-corrected chi connectivity index (χ1v) is 10.4. The largest absolute Gasteiger partial charge is 0.369 e. The van der Waals surface area contributed by atoms with E-state index in [4.69, 9.17) is 0 Å². The zero-order valence-electron chi connectivity index (χ0n) is 16.3. The number of carbonyl (C=O) groups excluding carboxylic acids is 2. The minimum absolute atomic E-state index is 0.00837. The van der Waals surface area contributed by atoms with Gasteiger partial charge in [0.15, 0.2) is 0 Å². The number of hydrogen-bond acceptors (Lipinski definition) is 4. The van der Waals surface area contributed by atoms with Gasteiger partial charge in [0.1, 0.15) is 11.6 Å². The van der Waals surface area contributed by atoms with Gasteiger partial charge in [0, 0.05) is 56.7 Å². The van der Waals surface area contributed by atoms with Gasteiger partial charge in [-0.25, -0.2) is 4.39 Å². The molecule has 1 saturated carbocycles. The molecule has 2 saturated heterocycles. The Labute approximate surface area is 169 Å². The molecule has 1 N–H and O–H groups in total. The highest BCUT2D eigenvalue weighted by Crippen LogP contribution is 2.37. The lowest BCUT2D eigenvalue weighted by Crippen LogP contribution is -2.42. The molecule has 3 fully saturated rings. The van der Waals surface area contributed by atoms with Gasteiger partial charge in [-0.2, -0.15) is 5.10 Å². The molecule has 2 atom stereocenters. The number of likely N-dealkylation sites (tertiary alicyclic amines) is 1. The maximum absolute atomic E-state index is 14.7. The molecule has 0 unspecified atom stereocenters. The zero-order chi connectivity index (χ0) is 20.0. The van der Waals surface area contributed by atoms with Crippen LogP contribution in [0.5, 0.6) is 0 Å². The molecule has 2 aromatic rings. The van der Waals surface area contributed by atoms with Crippen molar-refractivity contribution in [3.8, 4) is 11.1 Å². The number of piperidine rings is 1. The summed E-state index contributed by atoms with van der Waals surface area (Å²) in [5, 5.41) is 6.65. The third kappa shape index (κ3) is 3.43. The summed E-state index contributed by atoms with van der Waals surface area (Å²) in [4.78, 5) is 28.5. The van der Waals surface area contributed by atoms with Gasteiger partial charge >= 0.3 is 0 Å². The molecule has 0 spiro atoms. The van der Waals surface area contributed by atoms with Crippen molar-refractivity contribution in [3.63, 3.8) is 0 Å². The number of nitrogens with one attached hydrogen (secondary N) is 1. The third-order valence-corrected chi connectivity index (χ3v) is 6.83. The number of benzene rings is 1. The van der Waals surface area contributed by atoms with E-state index in [1.807, 2.05) is 21.9 Å². The molecule has 2 aliphatic heterocycles. The molecule has 3 aliphatic rings. The number of rotatable bonds is 3. The molecule has 5 rings (SSSR count). The molecule has 1 amide bonds. The lowest BCUT2D eigenvalue weighted by atomic mass is 9.94. The summed E-state index contributed by atoms with van der Waals surface area (Å²) in [5.74, 6) is 1.08. The van der Waals surface area contributed by atoms with Gasteiger partial charge in [0.05, 0.1) is 11.9 Å². The number of fused-ring (bicyclic) bond motifs is 1. The molecule has 29 heavy (non-hydrogen) atoms. The van der Waals surface area contributed by atoms with Crippen LogP contribution in [-0.4, -0.2) is 53.0 Å². The molecule has 3 heterocycles. The van der Waals surface area contributed by atoms with Crippen LogP contribution >= 0.6 is 0 Å². The van der Waals surface area contributed by atoms with Crippen LogP contribution in [-0.2, 0) is 9.59 Å². The van der Waals surface area contributed by atoms with E-state index in [2.05, 4.69) is 10.2 Å². The van der Waals surface area contributed by atoms with E-state index >= 15 is 0 Å². The summed E-state index contributed by atoms with van der Waals surface area (Å²) in [6.07, 6.45) is 6.18. The number of H-pyrrole nitrogens is 1. The molecule has 7 heteroatoms. The van der Waals surface area contributed by atoms with Crippen molar-refractivity contribution in [2.75, 3.05) is 31.1 Å². The van der Waals surface area contributed by atoms with Crippen molar-refractivity contribution < 1.29 is 14.0 Å². The Balaban J connectivity index is 1.20. The van der Waals surface area contributed by atoms with Crippen LogP contribution < -0.4 is 4.90 Å². The van der Waals surface area contributed by atoms with Crippen molar-refractivity contribution in [2.45, 2.75) is 25.7 Å². The number of anilines is 1. The van der Waals surface area contributed by atoms with Crippen LogP contribution in [0.1, 0.15) is 25.7 Å². The van der Waals surface area contributed by atoms with Crippen molar-refractivity contribution >= 4 is 17.4 Å². The number of carbonyl (C=O) groups is 2. The van der Waals surface area contributed by atoms with E-state index in [9.17, 15) is 14.0 Å². The first-order valence-electron chi connectivity index (χ1n) is 10.4. The van der Waals surface area contributed by atoms with Crippen LogP contribution in [0.2, 0.25) is 0 Å². The van der Waals surface area contributed by atoms with E-state index in [0.717, 1.165) is 37.1 Å². The topological polar surface area (TPSA) is 69.3 Å². The number of ketones is 1. The monoisotopic (exact) mass is 396 g/mol. The molecular formula is C22H25FN4O2. The molecule has 1 aromatic heterocycles. The Kier molecular flexibility index (Phi) is 4.60. The zero-order valence-corrected chi connectivity index (χ0v) is 16.3. The highest BCUT2D eigenvalue weighted by atomic mass is 19.1. The van der Waals surface area contributed by atoms with E-state index in [-0.39, 0.29) is 17.6 Å². The van der Waals surface area contributed by atoms with E-state index in [1.54, 1.807) is 18.5 Å². The summed E-state index contributed by atoms with van der Waals surface area (Å²) >= 11 is 0. The minimum atomic E-state index is -0.245. The van der Waals surface area contributed by atoms with Gasteiger partial charge in [-0.1, -0.05) is 6.07 Å². The van der Waals surface area contributed by atoms with E-state index in [1.165, 1.54) is 0 Å². The fourth-order valence-electron chi connectivity index (χ4n) is 5.23. The quantitative estimate of drug-likeness (QED) is 0.866. The molecule has 1 aliphatic carbocycles. The van der Waals surface area contributed by atoms with Crippen molar-refractivity contribution in [1.29, 1.82) is 0 Å². The Morgan fingerprint density at radius 3 is 2.45 bits per heavy atom. The summed E-state index contributed by atoms with van der Waals surface area (Å²) in [6.45, 7) is 2.83. The smallest absolute Gasteiger partial charge is 0.225 e. The minimum Gasteiger partial charge on any atom is -0.369 e. The summed E-state index contributed by atoms with van der Waals surface area (Å²) in [6, 6.07) is 5.27. The SMILES string of the molecule is O=C1C[C@@H]2CN(C(=O)C3CCN(c4ccc(-c5cn[nH]c5)cc4F)CC3)C[C@@H]2C1. The maximum atomic E-state index is 14.7. The first-order chi connectivity index (χ1) is 14.1. The second-order valence-electron chi connectivity index (χ2n) is 8.62. The van der Waals surface area contributed by atoms with Gasteiger partial charge in [0.2, 0.25) is 5.91 Å². The Bertz CT molecular complexity index is 905. The standard InChI is InChI=1S/C22H25FN4O2/c23-20-9-15(18-10-24-25-11-18)1-2-21(20)26-5-3-14(4-6-26)22(29)27-12-16-7-19(28)8-17(16)13-27/h1-2,9-11,14,16-17H,3-8,12-13H2,(H,24,25)/t16-,17+. The molecular weight excluding hydrogens is 371 g/mol. The average Bonchev–Trinajstić information content (AvgIpc) is 3.44. The van der Waals surface area contributed by atoms with Gasteiger partial charge < -0.3 is 9.80 Å². The Morgan fingerprint density at radius 2 is 1.83 bits per heavy atom. The Morgan fingerprint density at radius 1 is 1.10 bits per heavy atom. The van der Waals surface area contributed by atoms with Crippen molar-refractivity contribution in [3.05, 3.63) is 36.4 Å². The highest BCUT2D eigenvalue weighted by Gasteiger charge is 2.43. The average molecular weight is 396 g/mol. The number of halogens is 1. The molecule has 1 aromatic carbocycles. The van der Waals surface area contributed by atoms with Crippen molar-refractivity contribution in [1.82, 2.24) is 15.1 Å². The normalized spacial score (nSPS) is 24.9. The van der Waals surface area contributed by atoms with Crippen LogP contribution in [0.15, 0.2) is 30.6 Å². The summed E-state index contributed by atoms with van der Waals surface area (Å²) < 4.78 is 14.7. The van der Waals surface area contributed by atoms with E-state index in [0.29, 0.717) is 49.2 Å². The Hall–Kier alpha value is -2.70. The lowest BCUT2D eigenvalue weighted by Gasteiger charge is -2.35. The fourth-order valence-corrected chi connectivity index (χ4v) is 5.23. The van der Waals surface area contributed by atoms with Crippen LogP contribution in [0.3, 0.4) is 0 Å². The number of hydrogen-bond donors (Lipinski definition) is 1. The molecule has 0 bridgehead atoms. The number of nitrogens with zero attached hydrogens (tertiary/aromatic N) is 3. The second-order valence-corrected chi connectivity index (χ2v) is 8.62. The predicted molar refractivity (Wildman–Crippen MR) is 107 cm³/mol. The van der Waals surface area contributed by atoms with E-state index < -0.39 is 0 Å². The van der Waals surface area contributed by atoms with Crippen LogP contribution in [0.4, 0.5) is 10.1 Å². The van der Waals surface area contributed by atoms with Gasteiger partial charge in [-0.3, -0.25) is 14.7 Å². The lowest BCUT2D eigenvalue weighted by molar-refractivity contribution is -0.135. The number of aromatic amines is 1.